The van der Waals surface area contributed by atoms with Gasteiger partial charge in [-0.1, -0.05) is 18.2 Å². The monoisotopic (exact) mass is 360 g/mol. The fourth-order valence-corrected chi connectivity index (χ4v) is 3.16. The first kappa shape index (κ1) is 16.9. The van der Waals surface area contributed by atoms with Crippen LogP contribution in [0.25, 0.3) is 22.6 Å². The van der Waals surface area contributed by atoms with Gasteiger partial charge in [-0.25, -0.2) is 9.36 Å². The number of aryl methyl sites for hydroxylation is 2. The molecular formula is C21H20N4O2. The zero-order chi connectivity index (χ0) is 19.0. The molecule has 0 aliphatic carbocycles. The molecule has 4 aromatic rings. The highest BCUT2D eigenvalue weighted by molar-refractivity contribution is 5.71. The van der Waals surface area contributed by atoms with Crippen molar-refractivity contribution in [3.8, 4) is 34.3 Å². The molecule has 0 aliphatic rings. The molecule has 0 saturated heterocycles. The van der Waals surface area contributed by atoms with Crippen molar-refractivity contribution in [1.29, 1.82) is 0 Å². The van der Waals surface area contributed by atoms with Gasteiger partial charge in [-0.05, 0) is 56.3 Å². The van der Waals surface area contributed by atoms with Crippen molar-refractivity contribution in [2.75, 3.05) is 7.11 Å². The first-order valence-electron chi connectivity index (χ1n) is 8.64. The topological polar surface area (TPSA) is 65.1 Å². The molecule has 2 aromatic heterocycles. The molecule has 0 saturated carbocycles. The Kier molecular flexibility index (Phi) is 4.16. The standard InChI is InChI=1S/C21H20N4O2/c1-14-13-19(24(22-14)17-9-11-18(27-3)12-10-17)20-15(2)23-25(21(20)26)16-7-5-4-6-8-16/h4-13,26H,1-3H3. The van der Waals surface area contributed by atoms with E-state index in [1.165, 1.54) is 0 Å². The maximum Gasteiger partial charge on any atom is 0.224 e. The molecule has 0 unspecified atom stereocenters. The molecule has 0 bridgehead atoms. The van der Waals surface area contributed by atoms with Crippen LogP contribution >= 0.6 is 0 Å². The van der Waals surface area contributed by atoms with Gasteiger partial charge in [0.25, 0.3) is 0 Å². The Hall–Kier alpha value is -3.54. The zero-order valence-corrected chi connectivity index (χ0v) is 15.4. The van der Waals surface area contributed by atoms with Crippen LogP contribution in [-0.4, -0.2) is 31.8 Å². The summed E-state index contributed by atoms with van der Waals surface area (Å²) in [6.07, 6.45) is 0. The Bertz CT molecular complexity index is 1080. The van der Waals surface area contributed by atoms with Crippen molar-refractivity contribution < 1.29 is 9.84 Å². The molecule has 2 aromatic carbocycles. The van der Waals surface area contributed by atoms with Crippen molar-refractivity contribution >= 4 is 0 Å². The number of hydrogen-bond acceptors (Lipinski definition) is 4. The fourth-order valence-electron chi connectivity index (χ4n) is 3.16. The summed E-state index contributed by atoms with van der Waals surface area (Å²) in [6.45, 7) is 3.81. The Balaban J connectivity index is 1.86. The third-order valence-electron chi connectivity index (χ3n) is 4.44. The average Bonchev–Trinajstić information content (AvgIpc) is 3.21. The first-order valence-corrected chi connectivity index (χ1v) is 8.64. The van der Waals surface area contributed by atoms with Crippen molar-refractivity contribution in [2.24, 2.45) is 0 Å². The molecule has 0 amide bonds. The van der Waals surface area contributed by atoms with Crippen LogP contribution in [0.15, 0.2) is 60.7 Å². The highest BCUT2D eigenvalue weighted by Crippen LogP contribution is 2.35. The predicted octanol–water partition coefficient (Wildman–Crippen LogP) is 4.06. The van der Waals surface area contributed by atoms with Gasteiger partial charge in [0.1, 0.15) is 5.75 Å². The minimum atomic E-state index is 0.0911. The van der Waals surface area contributed by atoms with E-state index in [1.807, 2.05) is 79.2 Å². The summed E-state index contributed by atoms with van der Waals surface area (Å²) in [5, 5.41) is 20.1. The Morgan fingerprint density at radius 2 is 1.52 bits per heavy atom. The summed E-state index contributed by atoms with van der Waals surface area (Å²) in [5.74, 6) is 0.869. The van der Waals surface area contributed by atoms with Gasteiger partial charge in [0.2, 0.25) is 5.88 Å². The number of ether oxygens (including phenoxy) is 1. The lowest BCUT2D eigenvalue weighted by molar-refractivity contribution is 0.414. The quantitative estimate of drug-likeness (QED) is 0.596. The number of aromatic nitrogens is 4. The number of para-hydroxylation sites is 1. The molecule has 0 spiro atoms. The van der Waals surface area contributed by atoms with E-state index < -0.39 is 0 Å². The van der Waals surface area contributed by atoms with E-state index in [1.54, 1.807) is 11.8 Å². The van der Waals surface area contributed by atoms with Crippen LogP contribution < -0.4 is 4.74 Å². The molecule has 0 atom stereocenters. The van der Waals surface area contributed by atoms with Crippen LogP contribution in [0.4, 0.5) is 0 Å². The summed E-state index contributed by atoms with van der Waals surface area (Å²) in [7, 11) is 1.64. The van der Waals surface area contributed by atoms with E-state index >= 15 is 0 Å². The van der Waals surface area contributed by atoms with Crippen LogP contribution in [0.2, 0.25) is 0 Å². The van der Waals surface area contributed by atoms with Crippen LogP contribution in [0, 0.1) is 13.8 Å². The van der Waals surface area contributed by atoms with Gasteiger partial charge in [0, 0.05) is 0 Å². The molecule has 136 valence electrons. The van der Waals surface area contributed by atoms with E-state index in [-0.39, 0.29) is 5.88 Å². The average molecular weight is 360 g/mol. The van der Waals surface area contributed by atoms with E-state index in [4.69, 9.17) is 4.74 Å². The third-order valence-corrected chi connectivity index (χ3v) is 4.44. The van der Waals surface area contributed by atoms with Crippen LogP contribution in [0.3, 0.4) is 0 Å². The second-order valence-electron chi connectivity index (χ2n) is 6.31. The molecule has 6 nitrogen and oxygen atoms in total. The van der Waals surface area contributed by atoms with Gasteiger partial charge in [-0.15, -0.1) is 0 Å². The maximum atomic E-state index is 10.9. The van der Waals surface area contributed by atoms with E-state index in [0.29, 0.717) is 5.56 Å². The molecule has 0 radical (unpaired) electrons. The second-order valence-corrected chi connectivity index (χ2v) is 6.31. The normalized spacial score (nSPS) is 10.9. The Morgan fingerprint density at radius 3 is 2.19 bits per heavy atom. The molecule has 0 fully saturated rings. The largest absolute Gasteiger partial charge is 0.497 e. The minimum Gasteiger partial charge on any atom is -0.497 e. The molecule has 0 aliphatic heterocycles. The van der Waals surface area contributed by atoms with Crippen molar-refractivity contribution in [3.05, 3.63) is 72.1 Å². The Morgan fingerprint density at radius 1 is 0.852 bits per heavy atom. The summed E-state index contributed by atoms with van der Waals surface area (Å²) in [5.41, 5.74) is 4.71. The lowest BCUT2D eigenvalue weighted by Crippen LogP contribution is -2.00. The van der Waals surface area contributed by atoms with Gasteiger partial charge in [0.05, 0.1) is 41.1 Å². The summed E-state index contributed by atoms with van der Waals surface area (Å²) in [6, 6.07) is 19.2. The van der Waals surface area contributed by atoms with Crippen molar-refractivity contribution in [3.63, 3.8) is 0 Å². The minimum absolute atomic E-state index is 0.0911. The van der Waals surface area contributed by atoms with Gasteiger partial charge >= 0.3 is 0 Å². The summed E-state index contributed by atoms with van der Waals surface area (Å²) in [4.78, 5) is 0. The highest BCUT2D eigenvalue weighted by Gasteiger charge is 2.22. The first-order chi connectivity index (χ1) is 13.1. The zero-order valence-electron chi connectivity index (χ0n) is 15.4. The highest BCUT2D eigenvalue weighted by atomic mass is 16.5. The number of rotatable bonds is 4. The smallest absolute Gasteiger partial charge is 0.224 e. The second kappa shape index (κ2) is 6.64. The molecule has 27 heavy (non-hydrogen) atoms. The predicted molar refractivity (Wildman–Crippen MR) is 104 cm³/mol. The number of methoxy groups -OCH3 is 1. The molecular weight excluding hydrogens is 340 g/mol. The van der Waals surface area contributed by atoms with Gasteiger partial charge in [-0.2, -0.15) is 10.2 Å². The van der Waals surface area contributed by atoms with Crippen molar-refractivity contribution in [2.45, 2.75) is 13.8 Å². The summed E-state index contributed by atoms with van der Waals surface area (Å²) >= 11 is 0. The number of aromatic hydroxyl groups is 1. The lowest BCUT2D eigenvalue weighted by Gasteiger charge is -2.09. The van der Waals surface area contributed by atoms with Gasteiger partial charge < -0.3 is 9.84 Å². The van der Waals surface area contributed by atoms with E-state index in [9.17, 15) is 5.11 Å². The van der Waals surface area contributed by atoms with Crippen LogP contribution in [0.5, 0.6) is 11.6 Å². The molecule has 2 heterocycles. The molecule has 1 N–H and O–H groups in total. The number of benzene rings is 2. The van der Waals surface area contributed by atoms with Crippen molar-refractivity contribution in [1.82, 2.24) is 19.6 Å². The fraction of sp³-hybridized carbons (Fsp3) is 0.143. The third kappa shape index (κ3) is 2.95. The molecule has 6 heteroatoms. The number of nitrogens with zero attached hydrogens (tertiary/aromatic N) is 4. The van der Waals surface area contributed by atoms with E-state index in [0.717, 1.165) is 34.2 Å². The molecule has 4 rings (SSSR count). The Labute approximate surface area is 157 Å². The summed E-state index contributed by atoms with van der Waals surface area (Å²) < 4.78 is 8.59. The van der Waals surface area contributed by atoms with E-state index in [2.05, 4.69) is 10.2 Å². The lowest BCUT2D eigenvalue weighted by atomic mass is 10.1. The van der Waals surface area contributed by atoms with Crippen LogP contribution in [0.1, 0.15) is 11.4 Å². The van der Waals surface area contributed by atoms with Gasteiger partial charge in [0.15, 0.2) is 0 Å². The maximum absolute atomic E-state index is 10.9. The van der Waals surface area contributed by atoms with Crippen LogP contribution in [-0.2, 0) is 0 Å². The number of hydrogen-bond donors (Lipinski definition) is 1. The van der Waals surface area contributed by atoms with Gasteiger partial charge in [-0.3, -0.25) is 0 Å². The SMILES string of the molecule is COc1ccc(-n2nc(C)cc2-c2c(C)nn(-c3ccccc3)c2O)cc1.